The number of fused-ring (bicyclic) bond motifs is 1. The average Bonchev–Trinajstić information content (AvgIpc) is 3.04. The third kappa shape index (κ3) is 2.26. The highest BCUT2D eigenvalue weighted by Crippen LogP contribution is 2.43. The highest BCUT2D eigenvalue weighted by atomic mass is 35.5. The molecular formula is C14H15ClN2O2S. The maximum absolute atomic E-state index is 6.22. The van der Waals surface area contributed by atoms with E-state index in [1.165, 1.54) is 4.88 Å². The van der Waals surface area contributed by atoms with Crippen molar-refractivity contribution in [1.29, 1.82) is 0 Å². The van der Waals surface area contributed by atoms with Crippen LogP contribution >= 0.6 is 22.9 Å². The van der Waals surface area contributed by atoms with Gasteiger partial charge in [0.05, 0.1) is 10.7 Å². The molecule has 1 aliphatic rings. The topological polar surface area (TPSA) is 43.4 Å². The highest BCUT2D eigenvalue weighted by Gasteiger charge is 2.21. The van der Waals surface area contributed by atoms with Crippen LogP contribution in [-0.4, -0.2) is 18.8 Å². The van der Waals surface area contributed by atoms with Crippen molar-refractivity contribution in [1.82, 2.24) is 10.3 Å². The summed E-state index contributed by atoms with van der Waals surface area (Å²) in [5.41, 5.74) is 2.00. The van der Waals surface area contributed by atoms with Crippen LogP contribution in [0.3, 0.4) is 0 Å². The van der Waals surface area contributed by atoms with Crippen molar-refractivity contribution in [3.8, 4) is 22.1 Å². The van der Waals surface area contributed by atoms with Crippen molar-refractivity contribution < 1.29 is 9.47 Å². The molecule has 3 rings (SSSR count). The van der Waals surface area contributed by atoms with E-state index in [1.807, 2.05) is 26.1 Å². The number of thiazole rings is 1. The summed E-state index contributed by atoms with van der Waals surface area (Å²) < 4.78 is 10.7. The molecule has 1 N–H and O–H groups in total. The predicted molar refractivity (Wildman–Crippen MR) is 80.9 cm³/mol. The Labute approximate surface area is 126 Å². The van der Waals surface area contributed by atoms with Gasteiger partial charge in [0.2, 0.25) is 6.79 Å². The summed E-state index contributed by atoms with van der Waals surface area (Å²) in [5, 5.41) is 4.74. The van der Waals surface area contributed by atoms with Gasteiger partial charge in [0, 0.05) is 16.5 Å². The van der Waals surface area contributed by atoms with Crippen molar-refractivity contribution >= 4 is 22.9 Å². The molecule has 106 valence electrons. The lowest BCUT2D eigenvalue weighted by molar-refractivity contribution is 0.174. The lowest BCUT2D eigenvalue weighted by Gasteiger charge is -2.07. The fourth-order valence-electron chi connectivity index (χ4n) is 2.16. The Morgan fingerprint density at radius 3 is 2.95 bits per heavy atom. The second-order valence-corrected chi connectivity index (χ2v) is 6.11. The third-order valence-corrected chi connectivity index (χ3v) is 5.00. The zero-order valence-corrected chi connectivity index (χ0v) is 13.1. The Morgan fingerprint density at radius 1 is 1.40 bits per heavy atom. The van der Waals surface area contributed by atoms with Crippen LogP contribution in [0, 0.1) is 6.92 Å². The normalized spacial score (nSPS) is 14.6. The van der Waals surface area contributed by atoms with Crippen LogP contribution < -0.4 is 14.8 Å². The first-order valence-corrected chi connectivity index (χ1v) is 7.53. The molecule has 0 saturated heterocycles. The smallest absolute Gasteiger partial charge is 0.231 e. The van der Waals surface area contributed by atoms with Crippen LogP contribution in [-0.2, 0) is 0 Å². The van der Waals surface area contributed by atoms with Crippen molar-refractivity contribution in [2.24, 2.45) is 0 Å². The number of rotatable bonds is 3. The molecule has 4 nitrogen and oxygen atoms in total. The molecule has 1 atom stereocenters. The minimum Gasteiger partial charge on any atom is -0.454 e. The van der Waals surface area contributed by atoms with Gasteiger partial charge in [-0.25, -0.2) is 4.98 Å². The molecule has 1 unspecified atom stereocenters. The van der Waals surface area contributed by atoms with Gasteiger partial charge in [-0.2, -0.15) is 0 Å². The maximum Gasteiger partial charge on any atom is 0.231 e. The number of hydrogen-bond donors (Lipinski definition) is 1. The number of nitrogens with one attached hydrogen (secondary N) is 1. The molecule has 0 fully saturated rings. The maximum atomic E-state index is 6.22. The number of nitrogens with zero attached hydrogens (tertiary/aromatic N) is 1. The molecule has 20 heavy (non-hydrogen) atoms. The van der Waals surface area contributed by atoms with Crippen molar-refractivity contribution in [3.63, 3.8) is 0 Å². The van der Waals surface area contributed by atoms with E-state index in [9.17, 15) is 0 Å². The molecule has 2 heterocycles. The molecule has 0 spiro atoms. The van der Waals surface area contributed by atoms with Crippen molar-refractivity contribution in [2.75, 3.05) is 13.8 Å². The first-order valence-electron chi connectivity index (χ1n) is 6.34. The first kappa shape index (κ1) is 13.7. The van der Waals surface area contributed by atoms with Crippen LogP contribution in [0.2, 0.25) is 5.02 Å². The van der Waals surface area contributed by atoms with Gasteiger partial charge < -0.3 is 14.8 Å². The number of ether oxygens (including phenoxy) is 2. The van der Waals surface area contributed by atoms with Gasteiger partial charge in [0.25, 0.3) is 0 Å². The van der Waals surface area contributed by atoms with Crippen LogP contribution in [0.25, 0.3) is 10.6 Å². The minimum absolute atomic E-state index is 0.220. The lowest BCUT2D eigenvalue weighted by atomic mass is 10.2. The second kappa shape index (κ2) is 5.24. The lowest BCUT2D eigenvalue weighted by Crippen LogP contribution is -2.11. The van der Waals surface area contributed by atoms with Crippen LogP contribution in [0.5, 0.6) is 11.5 Å². The van der Waals surface area contributed by atoms with E-state index in [2.05, 4.69) is 17.2 Å². The first-order chi connectivity index (χ1) is 9.60. The molecular weight excluding hydrogens is 296 g/mol. The second-order valence-electron chi connectivity index (χ2n) is 4.67. The molecule has 6 heteroatoms. The molecule has 2 aromatic rings. The van der Waals surface area contributed by atoms with Gasteiger partial charge in [0.1, 0.15) is 5.01 Å². The third-order valence-electron chi connectivity index (χ3n) is 3.33. The number of hydrogen-bond acceptors (Lipinski definition) is 5. The van der Waals surface area contributed by atoms with Crippen LogP contribution in [0.15, 0.2) is 12.1 Å². The van der Waals surface area contributed by atoms with E-state index in [-0.39, 0.29) is 12.8 Å². The Hall–Kier alpha value is -1.30. The number of benzene rings is 1. The van der Waals surface area contributed by atoms with Crippen LogP contribution in [0.4, 0.5) is 0 Å². The summed E-state index contributed by atoms with van der Waals surface area (Å²) in [6.07, 6.45) is 0. The summed E-state index contributed by atoms with van der Waals surface area (Å²) in [6.45, 7) is 4.37. The van der Waals surface area contributed by atoms with E-state index in [0.717, 1.165) is 16.3 Å². The number of halogens is 1. The Kier molecular flexibility index (Phi) is 3.58. The summed E-state index contributed by atoms with van der Waals surface area (Å²) in [6, 6.07) is 4.09. The Bertz CT molecular complexity index is 657. The Balaban J connectivity index is 2.04. The molecule has 1 aromatic heterocycles. The number of aromatic nitrogens is 1. The minimum atomic E-state index is 0.220. The van der Waals surface area contributed by atoms with E-state index in [0.29, 0.717) is 16.5 Å². The van der Waals surface area contributed by atoms with Gasteiger partial charge in [0.15, 0.2) is 11.5 Å². The highest BCUT2D eigenvalue weighted by molar-refractivity contribution is 7.15. The van der Waals surface area contributed by atoms with Crippen molar-refractivity contribution in [3.05, 3.63) is 27.7 Å². The molecule has 0 aliphatic carbocycles. The molecule has 1 aliphatic heterocycles. The summed E-state index contributed by atoms with van der Waals surface area (Å²) in [7, 11) is 1.95. The quantitative estimate of drug-likeness (QED) is 0.937. The summed E-state index contributed by atoms with van der Waals surface area (Å²) in [5.74, 6) is 1.30. The SMILES string of the molecule is CNC(C)c1sc(-c2cc(Cl)c3c(c2)OCO3)nc1C. The van der Waals surface area contributed by atoms with Gasteiger partial charge in [-0.15, -0.1) is 11.3 Å². The van der Waals surface area contributed by atoms with E-state index < -0.39 is 0 Å². The summed E-state index contributed by atoms with van der Waals surface area (Å²) >= 11 is 7.89. The largest absolute Gasteiger partial charge is 0.454 e. The fourth-order valence-corrected chi connectivity index (χ4v) is 3.54. The molecule has 0 saturated carbocycles. The molecule has 1 aromatic carbocycles. The zero-order chi connectivity index (χ0) is 14.3. The van der Waals surface area contributed by atoms with E-state index in [1.54, 1.807) is 11.3 Å². The molecule has 0 bridgehead atoms. The zero-order valence-electron chi connectivity index (χ0n) is 11.5. The molecule has 0 radical (unpaired) electrons. The van der Waals surface area contributed by atoms with Crippen LogP contribution in [0.1, 0.15) is 23.5 Å². The van der Waals surface area contributed by atoms with Gasteiger partial charge >= 0.3 is 0 Å². The van der Waals surface area contributed by atoms with Gasteiger partial charge in [-0.3, -0.25) is 0 Å². The fraction of sp³-hybridized carbons (Fsp3) is 0.357. The molecule has 0 amide bonds. The van der Waals surface area contributed by atoms with Gasteiger partial charge in [-0.05, 0) is 33.0 Å². The van der Waals surface area contributed by atoms with Gasteiger partial charge in [-0.1, -0.05) is 11.6 Å². The number of aryl methyl sites for hydroxylation is 1. The Morgan fingerprint density at radius 2 is 2.20 bits per heavy atom. The predicted octanol–water partition coefficient (Wildman–Crippen LogP) is 3.78. The average molecular weight is 311 g/mol. The monoisotopic (exact) mass is 310 g/mol. The van der Waals surface area contributed by atoms with E-state index >= 15 is 0 Å². The standard InChI is InChI=1S/C14H15ClN2O2S/c1-7(16-3)13-8(2)17-14(20-13)9-4-10(15)12-11(5-9)18-6-19-12/h4-5,7,16H,6H2,1-3H3. The summed E-state index contributed by atoms with van der Waals surface area (Å²) in [4.78, 5) is 5.87. The van der Waals surface area contributed by atoms with E-state index in [4.69, 9.17) is 21.1 Å². The van der Waals surface area contributed by atoms with Crippen molar-refractivity contribution in [2.45, 2.75) is 19.9 Å².